The second-order valence-electron chi connectivity index (χ2n) is 4.26. The summed E-state index contributed by atoms with van der Waals surface area (Å²) < 4.78 is 12.8. The topological polar surface area (TPSA) is 35.8 Å². The van der Waals surface area contributed by atoms with Crippen molar-refractivity contribution in [3.8, 4) is 6.07 Å². The molecule has 1 fully saturated rings. The van der Waals surface area contributed by atoms with Crippen molar-refractivity contribution in [1.82, 2.24) is 5.32 Å². The second kappa shape index (κ2) is 5.09. The van der Waals surface area contributed by atoms with Crippen LogP contribution in [0.4, 0.5) is 4.39 Å². The molecule has 0 aliphatic heterocycles. The van der Waals surface area contributed by atoms with E-state index in [4.69, 9.17) is 5.26 Å². The zero-order valence-electron chi connectivity index (χ0n) is 9.12. The lowest BCUT2D eigenvalue weighted by atomic mass is 9.77. The molecule has 0 amide bonds. The second-order valence-corrected chi connectivity index (χ2v) is 4.26. The van der Waals surface area contributed by atoms with Gasteiger partial charge in [0.1, 0.15) is 5.82 Å². The molecular formula is C13H15FN2. The predicted molar refractivity (Wildman–Crippen MR) is 60.1 cm³/mol. The van der Waals surface area contributed by atoms with Crippen LogP contribution in [0.2, 0.25) is 0 Å². The smallest absolute Gasteiger partial charge is 0.123 e. The Bertz CT molecular complexity index is 376. The molecule has 16 heavy (non-hydrogen) atoms. The molecular weight excluding hydrogens is 203 g/mol. The fourth-order valence-electron chi connectivity index (χ4n) is 2.16. The molecule has 0 aromatic heterocycles. The fourth-order valence-corrected chi connectivity index (χ4v) is 2.16. The fraction of sp³-hybridized carbons (Fsp3) is 0.462. The van der Waals surface area contributed by atoms with E-state index in [-0.39, 0.29) is 11.9 Å². The van der Waals surface area contributed by atoms with Crippen molar-refractivity contribution < 1.29 is 4.39 Å². The highest BCUT2D eigenvalue weighted by molar-refractivity contribution is 5.21. The van der Waals surface area contributed by atoms with E-state index in [2.05, 4.69) is 11.4 Å². The number of nitriles is 1. The molecule has 1 atom stereocenters. The van der Waals surface area contributed by atoms with Crippen LogP contribution in [0.1, 0.15) is 30.9 Å². The van der Waals surface area contributed by atoms with E-state index in [0.29, 0.717) is 12.5 Å². The molecule has 0 bridgehead atoms. The van der Waals surface area contributed by atoms with Crippen molar-refractivity contribution >= 4 is 0 Å². The highest BCUT2D eigenvalue weighted by Crippen LogP contribution is 2.37. The standard InChI is InChI=1S/C13H15FN2/c14-12-6-4-11(5-7-12)13(16-9-8-15)10-2-1-3-10/h4-7,10,13,16H,1-3,9H2. The first-order valence-electron chi connectivity index (χ1n) is 5.67. The minimum atomic E-state index is -0.212. The van der Waals surface area contributed by atoms with Crippen LogP contribution in [0.5, 0.6) is 0 Å². The monoisotopic (exact) mass is 218 g/mol. The Labute approximate surface area is 95.1 Å². The lowest BCUT2D eigenvalue weighted by Gasteiger charge is -2.34. The molecule has 1 aliphatic carbocycles. The molecule has 0 heterocycles. The van der Waals surface area contributed by atoms with Crippen molar-refractivity contribution in [1.29, 1.82) is 5.26 Å². The zero-order valence-corrected chi connectivity index (χ0v) is 9.12. The van der Waals surface area contributed by atoms with Gasteiger partial charge in [0.15, 0.2) is 0 Å². The van der Waals surface area contributed by atoms with E-state index in [1.807, 2.05) is 12.1 Å². The van der Waals surface area contributed by atoms with Crippen LogP contribution in [0, 0.1) is 23.1 Å². The largest absolute Gasteiger partial charge is 0.297 e. The predicted octanol–water partition coefficient (Wildman–Crippen LogP) is 2.78. The number of nitrogens with one attached hydrogen (secondary N) is 1. The first kappa shape index (κ1) is 11.1. The molecule has 0 radical (unpaired) electrons. The van der Waals surface area contributed by atoms with Crippen LogP contribution in [0.3, 0.4) is 0 Å². The maximum Gasteiger partial charge on any atom is 0.123 e. The average molecular weight is 218 g/mol. The van der Waals surface area contributed by atoms with Crippen LogP contribution in [-0.4, -0.2) is 6.54 Å². The summed E-state index contributed by atoms with van der Waals surface area (Å²) >= 11 is 0. The molecule has 84 valence electrons. The number of hydrogen-bond donors (Lipinski definition) is 1. The van der Waals surface area contributed by atoms with Gasteiger partial charge in [-0.2, -0.15) is 5.26 Å². The van der Waals surface area contributed by atoms with Crippen LogP contribution in [-0.2, 0) is 0 Å². The normalized spacial score (nSPS) is 17.5. The molecule has 1 unspecified atom stereocenters. The lowest BCUT2D eigenvalue weighted by Crippen LogP contribution is -2.32. The highest BCUT2D eigenvalue weighted by atomic mass is 19.1. The van der Waals surface area contributed by atoms with Crippen LogP contribution in [0.25, 0.3) is 0 Å². The molecule has 0 spiro atoms. The van der Waals surface area contributed by atoms with Gasteiger partial charge >= 0.3 is 0 Å². The number of hydrogen-bond acceptors (Lipinski definition) is 2. The Balaban J connectivity index is 2.10. The summed E-state index contributed by atoms with van der Waals surface area (Å²) in [5.74, 6) is 0.384. The number of nitrogens with zero attached hydrogens (tertiary/aromatic N) is 1. The van der Waals surface area contributed by atoms with Gasteiger partial charge in [0.2, 0.25) is 0 Å². The molecule has 1 N–H and O–H groups in total. The number of benzene rings is 1. The van der Waals surface area contributed by atoms with E-state index in [9.17, 15) is 4.39 Å². The third-order valence-electron chi connectivity index (χ3n) is 3.25. The van der Waals surface area contributed by atoms with Gasteiger partial charge in [-0.15, -0.1) is 0 Å². The Kier molecular flexibility index (Phi) is 3.53. The summed E-state index contributed by atoms with van der Waals surface area (Å²) in [5, 5.41) is 11.8. The minimum absolute atomic E-state index is 0.203. The van der Waals surface area contributed by atoms with Crippen molar-refractivity contribution in [2.45, 2.75) is 25.3 Å². The Morgan fingerprint density at radius 3 is 2.56 bits per heavy atom. The van der Waals surface area contributed by atoms with Gasteiger partial charge in [0.05, 0.1) is 12.6 Å². The van der Waals surface area contributed by atoms with Gasteiger partial charge in [-0.25, -0.2) is 4.39 Å². The SMILES string of the molecule is N#CCNC(c1ccc(F)cc1)C1CCC1. The van der Waals surface area contributed by atoms with Crippen molar-refractivity contribution in [3.63, 3.8) is 0 Å². The van der Waals surface area contributed by atoms with Crippen molar-refractivity contribution in [3.05, 3.63) is 35.6 Å². The molecule has 2 nitrogen and oxygen atoms in total. The van der Waals surface area contributed by atoms with Crippen molar-refractivity contribution in [2.75, 3.05) is 6.54 Å². The average Bonchev–Trinajstić information content (AvgIpc) is 2.23. The van der Waals surface area contributed by atoms with Gasteiger partial charge in [-0.3, -0.25) is 5.32 Å². The van der Waals surface area contributed by atoms with E-state index in [1.165, 1.54) is 31.4 Å². The molecule has 1 saturated carbocycles. The molecule has 1 aromatic rings. The van der Waals surface area contributed by atoms with Gasteiger partial charge in [-0.05, 0) is 36.5 Å². The molecule has 2 rings (SSSR count). The summed E-state index contributed by atoms with van der Waals surface area (Å²) in [4.78, 5) is 0. The zero-order chi connectivity index (χ0) is 11.4. The van der Waals surface area contributed by atoms with Crippen molar-refractivity contribution in [2.24, 2.45) is 5.92 Å². The van der Waals surface area contributed by atoms with Crippen LogP contribution < -0.4 is 5.32 Å². The Morgan fingerprint density at radius 1 is 1.38 bits per heavy atom. The van der Waals surface area contributed by atoms with Gasteiger partial charge in [0, 0.05) is 6.04 Å². The molecule has 3 heteroatoms. The molecule has 1 aromatic carbocycles. The van der Waals surface area contributed by atoms with E-state index in [1.54, 1.807) is 0 Å². The Hall–Kier alpha value is -1.40. The third kappa shape index (κ3) is 2.40. The molecule has 1 aliphatic rings. The summed E-state index contributed by atoms with van der Waals surface area (Å²) in [5.41, 5.74) is 1.08. The maximum absolute atomic E-state index is 12.8. The Morgan fingerprint density at radius 2 is 2.06 bits per heavy atom. The van der Waals surface area contributed by atoms with Gasteiger partial charge < -0.3 is 0 Å². The number of rotatable bonds is 4. The quantitative estimate of drug-likeness (QED) is 0.789. The van der Waals surface area contributed by atoms with E-state index < -0.39 is 0 Å². The maximum atomic E-state index is 12.8. The van der Waals surface area contributed by atoms with Gasteiger partial charge in [-0.1, -0.05) is 18.6 Å². The first-order chi connectivity index (χ1) is 7.81. The van der Waals surface area contributed by atoms with Crippen LogP contribution in [0.15, 0.2) is 24.3 Å². The summed E-state index contributed by atoms with van der Waals surface area (Å²) in [6.45, 7) is 0.346. The summed E-state index contributed by atoms with van der Waals surface area (Å²) in [7, 11) is 0. The number of halogens is 1. The van der Waals surface area contributed by atoms with E-state index in [0.717, 1.165) is 5.56 Å². The van der Waals surface area contributed by atoms with Gasteiger partial charge in [0.25, 0.3) is 0 Å². The highest BCUT2D eigenvalue weighted by Gasteiger charge is 2.27. The summed E-state index contributed by atoms with van der Waals surface area (Å²) in [6, 6.07) is 8.88. The first-order valence-corrected chi connectivity index (χ1v) is 5.67. The van der Waals surface area contributed by atoms with Crippen LogP contribution >= 0.6 is 0 Å². The third-order valence-corrected chi connectivity index (χ3v) is 3.25. The minimum Gasteiger partial charge on any atom is -0.297 e. The lowest BCUT2D eigenvalue weighted by molar-refractivity contribution is 0.235. The molecule has 0 saturated heterocycles. The summed E-state index contributed by atoms with van der Waals surface area (Å²) in [6.07, 6.45) is 3.65. The van der Waals surface area contributed by atoms with E-state index >= 15 is 0 Å².